The quantitative estimate of drug-likeness (QED) is 0.518. The van der Waals surface area contributed by atoms with E-state index in [1.54, 1.807) is 0 Å². The lowest BCUT2D eigenvalue weighted by molar-refractivity contribution is -0.137. The van der Waals surface area contributed by atoms with Gasteiger partial charge in [-0.2, -0.15) is 13.2 Å². The zero-order valence-corrected chi connectivity index (χ0v) is 10.7. The van der Waals surface area contributed by atoms with Crippen molar-refractivity contribution in [2.45, 2.75) is 64.3 Å². The summed E-state index contributed by atoms with van der Waals surface area (Å²) in [6.07, 6.45) is -3.78. The van der Waals surface area contributed by atoms with E-state index < -0.39 is 18.2 Å². The van der Waals surface area contributed by atoms with Gasteiger partial charge in [0.15, 0.2) is 0 Å². The largest absolute Gasteiger partial charge is 0.389 e. The van der Waals surface area contributed by atoms with Crippen LogP contribution in [0.2, 0.25) is 0 Å². The maximum absolute atomic E-state index is 12.1. The van der Waals surface area contributed by atoms with Crippen LogP contribution in [0.1, 0.15) is 46.5 Å². The molecule has 3 nitrogen and oxygen atoms in total. The summed E-state index contributed by atoms with van der Waals surface area (Å²) in [4.78, 5) is 0. The highest BCUT2D eigenvalue weighted by molar-refractivity contribution is 4.87. The summed E-state index contributed by atoms with van der Waals surface area (Å²) in [6, 6.07) is -0.269. The van der Waals surface area contributed by atoms with Gasteiger partial charge in [0.1, 0.15) is 0 Å². The molecule has 0 saturated carbocycles. The van der Waals surface area contributed by atoms with Crippen LogP contribution in [0.15, 0.2) is 0 Å². The molecule has 0 aliphatic rings. The van der Waals surface area contributed by atoms with Crippen LogP contribution in [-0.4, -0.2) is 24.4 Å². The Morgan fingerprint density at radius 3 is 2.24 bits per heavy atom. The fourth-order valence-electron chi connectivity index (χ4n) is 1.85. The van der Waals surface area contributed by atoms with Gasteiger partial charge in [0.05, 0.1) is 5.60 Å². The molecule has 0 aromatic rings. The number of hydrogen-bond acceptors (Lipinski definition) is 3. The molecule has 6 heteroatoms. The lowest BCUT2D eigenvalue weighted by atomic mass is 9.89. The van der Waals surface area contributed by atoms with E-state index in [2.05, 4.69) is 5.43 Å². The number of rotatable bonds is 8. The molecule has 0 rings (SSSR count). The van der Waals surface area contributed by atoms with E-state index in [0.29, 0.717) is 19.4 Å². The van der Waals surface area contributed by atoms with Crippen LogP contribution in [-0.2, 0) is 4.74 Å². The predicted molar refractivity (Wildman–Crippen MR) is 61.3 cm³/mol. The molecule has 0 aromatic carbocycles. The summed E-state index contributed by atoms with van der Waals surface area (Å²) in [6.45, 7) is 6.18. The second-order valence-electron chi connectivity index (χ2n) is 4.33. The molecule has 3 N–H and O–H groups in total. The molecule has 2 unspecified atom stereocenters. The molecule has 0 bridgehead atoms. The molecule has 0 heterocycles. The number of nitrogens with one attached hydrogen (secondary N) is 1. The molecule has 0 amide bonds. The van der Waals surface area contributed by atoms with Crippen molar-refractivity contribution in [3.63, 3.8) is 0 Å². The lowest BCUT2D eigenvalue weighted by Gasteiger charge is -2.36. The number of hydrazine groups is 1. The number of hydrogen-bond donors (Lipinski definition) is 2. The van der Waals surface area contributed by atoms with Gasteiger partial charge in [-0.05, 0) is 33.1 Å². The molecular formula is C11H23F3N2O. The monoisotopic (exact) mass is 256 g/mol. The smallest absolute Gasteiger partial charge is 0.374 e. The molecule has 0 saturated heterocycles. The highest BCUT2D eigenvalue weighted by Gasteiger charge is 2.34. The normalized spacial score (nSPS) is 17.8. The lowest BCUT2D eigenvalue weighted by Crippen LogP contribution is -2.53. The van der Waals surface area contributed by atoms with Gasteiger partial charge in [-0.25, -0.2) is 0 Å². The summed E-state index contributed by atoms with van der Waals surface area (Å²) in [7, 11) is 0. The van der Waals surface area contributed by atoms with Crippen molar-refractivity contribution in [1.29, 1.82) is 0 Å². The summed E-state index contributed by atoms with van der Waals surface area (Å²) in [5.74, 6) is 5.40. The van der Waals surface area contributed by atoms with Crippen LogP contribution in [0.25, 0.3) is 0 Å². The van der Waals surface area contributed by atoms with E-state index in [1.807, 2.05) is 20.8 Å². The first-order valence-electron chi connectivity index (χ1n) is 5.96. The minimum atomic E-state index is -4.10. The first-order valence-corrected chi connectivity index (χ1v) is 5.96. The van der Waals surface area contributed by atoms with Crippen LogP contribution in [0.5, 0.6) is 0 Å². The Bertz CT molecular complexity index is 211. The maximum Gasteiger partial charge on any atom is 0.389 e. The summed E-state index contributed by atoms with van der Waals surface area (Å²) in [5, 5.41) is 0. The summed E-state index contributed by atoms with van der Waals surface area (Å²) in [5.41, 5.74) is 2.05. The van der Waals surface area contributed by atoms with Crippen molar-refractivity contribution in [3.8, 4) is 0 Å². The van der Waals surface area contributed by atoms with Gasteiger partial charge >= 0.3 is 6.18 Å². The second kappa shape index (κ2) is 7.18. The van der Waals surface area contributed by atoms with E-state index in [4.69, 9.17) is 10.6 Å². The van der Waals surface area contributed by atoms with Crippen LogP contribution in [0, 0.1) is 0 Å². The minimum Gasteiger partial charge on any atom is -0.374 e. The Morgan fingerprint density at radius 1 is 1.29 bits per heavy atom. The molecule has 0 aliphatic heterocycles. The summed E-state index contributed by atoms with van der Waals surface area (Å²) >= 11 is 0. The Kier molecular flexibility index (Phi) is 7.04. The van der Waals surface area contributed by atoms with Gasteiger partial charge in [0, 0.05) is 19.1 Å². The minimum absolute atomic E-state index is 0.0566. The first kappa shape index (κ1) is 16.7. The molecule has 104 valence electrons. The van der Waals surface area contributed by atoms with Crippen molar-refractivity contribution < 1.29 is 17.9 Å². The zero-order chi connectivity index (χ0) is 13.5. The SMILES string of the molecule is CCOC(C)(CC)C(CCCC(F)(F)F)NN. The molecule has 2 atom stereocenters. The van der Waals surface area contributed by atoms with Crippen LogP contribution in [0.4, 0.5) is 13.2 Å². The van der Waals surface area contributed by atoms with Crippen LogP contribution in [0.3, 0.4) is 0 Å². The van der Waals surface area contributed by atoms with Gasteiger partial charge in [0.25, 0.3) is 0 Å². The Hall–Kier alpha value is -0.330. The molecule has 17 heavy (non-hydrogen) atoms. The standard InChI is InChI=1S/C11H23F3N2O/c1-4-10(3,17-5-2)9(16-15)7-6-8-11(12,13)14/h9,16H,4-8,15H2,1-3H3. The van der Waals surface area contributed by atoms with Crippen molar-refractivity contribution in [2.24, 2.45) is 5.84 Å². The molecule has 0 spiro atoms. The average Bonchev–Trinajstić information content (AvgIpc) is 2.23. The fourth-order valence-corrected chi connectivity index (χ4v) is 1.85. The molecular weight excluding hydrogens is 233 g/mol. The zero-order valence-electron chi connectivity index (χ0n) is 10.7. The van der Waals surface area contributed by atoms with E-state index in [0.717, 1.165) is 0 Å². The average molecular weight is 256 g/mol. The Labute approximate surface area is 101 Å². The summed E-state index contributed by atoms with van der Waals surface area (Å²) < 4.78 is 41.8. The second-order valence-corrected chi connectivity index (χ2v) is 4.33. The van der Waals surface area contributed by atoms with Crippen molar-refractivity contribution in [1.82, 2.24) is 5.43 Å². The van der Waals surface area contributed by atoms with Crippen molar-refractivity contribution in [2.75, 3.05) is 6.61 Å². The Balaban J connectivity index is 4.30. The van der Waals surface area contributed by atoms with Crippen molar-refractivity contribution in [3.05, 3.63) is 0 Å². The highest BCUT2D eigenvalue weighted by Crippen LogP contribution is 2.27. The van der Waals surface area contributed by atoms with E-state index >= 15 is 0 Å². The van der Waals surface area contributed by atoms with Gasteiger partial charge in [-0.3, -0.25) is 11.3 Å². The van der Waals surface area contributed by atoms with Gasteiger partial charge in [-0.1, -0.05) is 6.92 Å². The maximum atomic E-state index is 12.1. The van der Waals surface area contributed by atoms with E-state index in [1.165, 1.54) is 0 Å². The predicted octanol–water partition coefficient (Wildman–Crippen LogP) is 2.76. The van der Waals surface area contributed by atoms with Crippen LogP contribution < -0.4 is 11.3 Å². The first-order chi connectivity index (χ1) is 7.79. The van der Waals surface area contributed by atoms with Gasteiger partial charge in [-0.15, -0.1) is 0 Å². The third kappa shape index (κ3) is 6.24. The molecule has 0 aromatic heterocycles. The topological polar surface area (TPSA) is 47.3 Å². The molecule has 0 radical (unpaired) electrons. The number of nitrogens with two attached hydrogens (primary N) is 1. The molecule has 0 fully saturated rings. The van der Waals surface area contributed by atoms with E-state index in [9.17, 15) is 13.2 Å². The number of alkyl halides is 3. The fraction of sp³-hybridized carbons (Fsp3) is 1.00. The Morgan fingerprint density at radius 2 is 1.88 bits per heavy atom. The molecule has 0 aliphatic carbocycles. The third-order valence-electron chi connectivity index (χ3n) is 3.07. The highest BCUT2D eigenvalue weighted by atomic mass is 19.4. The number of ether oxygens (including phenoxy) is 1. The van der Waals surface area contributed by atoms with Gasteiger partial charge < -0.3 is 4.74 Å². The van der Waals surface area contributed by atoms with Crippen molar-refractivity contribution >= 4 is 0 Å². The van der Waals surface area contributed by atoms with E-state index in [-0.39, 0.29) is 12.5 Å². The van der Waals surface area contributed by atoms with Crippen LogP contribution >= 0.6 is 0 Å². The number of halogens is 3. The van der Waals surface area contributed by atoms with Gasteiger partial charge in [0.2, 0.25) is 0 Å². The third-order valence-corrected chi connectivity index (χ3v) is 3.07.